The third-order valence-electron chi connectivity index (χ3n) is 6.56. The summed E-state index contributed by atoms with van der Waals surface area (Å²) >= 11 is 0. The van der Waals surface area contributed by atoms with Crippen LogP contribution in [0.25, 0.3) is 22.4 Å². The maximum absolute atomic E-state index is 4.85. The molecule has 3 aromatic rings. The van der Waals surface area contributed by atoms with Crippen molar-refractivity contribution in [1.29, 1.82) is 0 Å². The molecule has 0 spiro atoms. The normalized spacial score (nSPS) is 20.7. The van der Waals surface area contributed by atoms with Gasteiger partial charge in [0.1, 0.15) is 17.2 Å². The highest BCUT2D eigenvalue weighted by Crippen LogP contribution is 2.30. The van der Waals surface area contributed by atoms with E-state index in [4.69, 9.17) is 9.97 Å². The number of aromatic nitrogens is 3. The molecule has 2 N–H and O–H groups in total. The molecule has 3 aliphatic heterocycles. The number of hydrogen-bond acceptors (Lipinski definition) is 7. The summed E-state index contributed by atoms with van der Waals surface area (Å²) in [6, 6.07) is 11.1. The molecule has 6 rings (SSSR count). The first-order valence-corrected chi connectivity index (χ1v) is 11.0. The van der Waals surface area contributed by atoms with Crippen molar-refractivity contribution in [3.63, 3.8) is 0 Å². The molecule has 0 radical (unpaired) electrons. The van der Waals surface area contributed by atoms with Gasteiger partial charge in [0, 0.05) is 70.0 Å². The third-order valence-corrected chi connectivity index (χ3v) is 6.56. The summed E-state index contributed by atoms with van der Waals surface area (Å²) in [7, 11) is 1.82. The fraction of sp³-hybridized carbons (Fsp3) is 0.391. The van der Waals surface area contributed by atoms with E-state index in [9.17, 15) is 0 Å². The van der Waals surface area contributed by atoms with Gasteiger partial charge < -0.3 is 15.5 Å². The van der Waals surface area contributed by atoms with Gasteiger partial charge in [0.2, 0.25) is 0 Å². The molecule has 5 heterocycles. The lowest BCUT2D eigenvalue weighted by molar-refractivity contribution is 0.147. The molecule has 2 aromatic heterocycles. The van der Waals surface area contributed by atoms with E-state index in [0.717, 1.165) is 79.8 Å². The third kappa shape index (κ3) is 3.41. The first kappa shape index (κ1) is 18.7. The Labute approximate surface area is 181 Å². The number of aliphatic imine (C=N–C) groups is 1. The van der Waals surface area contributed by atoms with E-state index < -0.39 is 0 Å². The molecule has 3 aliphatic rings. The minimum absolute atomic E-state index is 0.620. The molecule has 158 valence electrons. The van der Waals surface area contributed by atoms with Crippen molar-refractivity contribution >= 4 is 28.5 Å². The number of pyridine rings is 1. The average Bonchev–Trinajstić information content (AvgIpc) is 3.21. The van der Waals surface area contributed by atoms with Crippen LogP contribution in [0.3, 0.4) is 0 Å². The van der Waals surface area contributed by atoms with E-state index in [2.05, 4.69) is 48.6 Å². The predicted octanol–water partition coefficient (Wildman–Crippen LogP) is 1.78. The van der Waals surface area contributed by atoms with Crippen LogP contribution >= 0.6 is 0 Å². The summed E-state index contributed by atoms with van der Waals surface area (Å²) in [4.78, 5) is 23.5. The van der Waals surface area contributed by atoms with E-state index >= 15 is 0 Å². The minimum Gasteiger partial charge on any atom is -0.352 e. The van der Waals surface area contributed by atoms with Crippen LogP contribution in [0.5, 0.6) is 0 Å². The first-order valence-electron chi connectivity index (χ1n) is 11.0. The van der Waals surface area contributed by atoms with Gasteiger partial charge >= 0.3 is 0 Å². The maximum atomic E-state index is 4.85. The molecule has 2 saturated heterocycles. The number of benzene rings is 1. The molecule has 0 aliphatic carbocycles. The van der Waals surface area contributed by atoms with Crippen molar-refractivity contribution in [2.45, 2.75) is 12.5 Å². The molecule has 2 fully saturated rings. The standard InChI is InChI=1S/C23H26N8/c1-24-21-11-16-3-2-15(10-20(16)27-21)18-4-5-19-23(28-18)29-22(12-26-19)31-13-17(14-31)30-8-6-25-7-9-30/h2-5,10,12,17,25H,6-9,11,13-14H2,1H3,(H,24,27). The summed E-state index contributed by atoms with van der Waals surface area (Å²) in [5.74, 6) is 1.92. The Morgan fingerprint density at radius 2 is 1.94 bits per heavy atom. The van der Waals surface area contributed by atoms with Crippen molar-refractivity contribution in [1.82, 2.24) is 25.2 Å². The number of fused-ring (bicyclic) bond motifs is 2. The fourth-order valence-corrected chi connectivity index (χ4v) is 4.64. The zero-order valence-corrected chi connectivity index (χ0v) is 17.7. The van der Waals surface area contributed by atoms with Crippen LogP contribution in [0.4, 0.5) is 11.5 Å². The van der Waals surface area contributed by atoms with Crippen molar-refractivity contribution in [2.24, 2.45) is 4.99 Å². The summed E-state index contributed by atoms with van der Waals surface area (Å²) in [6.07, 6.45) is 2.74. The Morgan fingerprint density at radius 3 is 2.77 bits per heavy atom. The molecule has 0 atom stereocenters. The molecule has 0 bridgehead atoms. The Bertz CT molecular complexity index is 1160. The zero-order valence-electron chi connectivity index (χ0n) is 17.7. The lowest BCUT2D eigenvalue weighted by Crippen LogP contribution is -2.63. The van der Waals surface area contributed by atoms with Gasteiger partial charge in [-0.15, -0.1) is 0 Å². The quantitative estimate of drug-likeness (QED) is 0.676. The molecule has 8 heteroatoms. The smallest absolute Gasteiger partial charge is 0.180 e. The maximum Gasteiger partial charge on any atom is 0.180 e. The Balaban J connectivity index is 1.23. The van der Waals surface area contributed by atoms with Gasteiger partial charge in [-0.05, 0) is 23.8 Å². The molecule has 0 amide bonds. The number of nitrogens with zero attached hydrogens (tertiary/aromatic N) is 6. The summed E-state index contributed by atoms with van der Waals surface area (Å²) < 4.78 is 0. The fourth-order valence-electron chi connectivity index (χ4n) is 4.64. The topological polar surface area (TPSA) is 81.6 Å². The Kier molecular flexibility index (Phi) is 4.54. The molecule has 0 saturated carbocycles. The van der Waals surface area contributed by atoms with Crippen LogP contribution in [0.1, 0.15) is 5.56 Å². The lowest BCUT2D eigenvalue weighted by atomic mass is 10.1. The highest BCUT2D eigenvalue weighted by molar-refractivity contribution is 6.03. The summed E-state index contributed by atoms with van der Waals surface area (Å²) in [5.41, 5.74) is 5.88. The van der Waals surface area contributed by atoms with E-state index in [0.29, 0.717) is 11.7 Å². The van der Waals surface area contributed by atoms with Crippen LogP contribution in [-0.2, 0) is 6.42 Å². The molecular formula is C23H26N8. The minimum atomic E-state index is 0.620. The van der Waals surface area contributed by atoms with E-state index in [-0.39, 0.29) is 0 Å². The van der Waals surface area contributed by atoms with E-state index in [1.165, 1.54) is 5.56 Å². The van der Waals surface area contributed by atoms with Crippen LogP contribution in [0.2, 0.25) is 0 Å². The van der Waals surface area contributed by atoms with Crippen molar-refractivity contribution < 1.29 is 0 Å². The number of amidine groups is 1. The molecule has 0 unspecified atom stereocenters. The van der Waals surface area contributed by atoms with Gasteiger partial charge in [0.15, 0.2) is 5.65 Å². The van der Waals surface area contributed by atoms with Gasteiger partial charge in [0.05, 0.1) is 11.9 Å². The Hall–Kier alpha value is -3.10. The van der Waals surface area contributed by atoms with Crippen LogP contribution < -0.4 is 15.5 Å². The number of anilines is 2. The average molecular weight is 415 g/mol. The second-order valence-corrected chi connectivity index (χ2v) is 8.46. The van der Waals surface area contributed by atoms with Crippen LogP contribution in [0, 0.1) is 0 Å². The predicted molar refractivity (Wildman–Crippen MR) is 124 cm³/mol. The van der Waals surface area contributed by atoms with Crippen molar-refractivity contribution in [3.8, 4) is 11.3 Å². The number of nitrogens with one attached hydrogen (secondary N) is 2. The van der Waals surface area contributed by atoms with Gasteiger partial charge in [-0.1, -0.05) is 12.1 Å². The monoisotopic (exact) mass is 414 g/mol. The van der Waals surface area contributed by atoms with Gasteiger partial charge in [-0.3, -0.25) is 9.89 Å². The second-order valence-electron chi connectivity index (χ2n) is 8.46. The van der Waals surface area contributed by atoms with Crippen LogP contribution in [0.15, 0.2) is 41.5 Å². The SMILES string of the molecule is CN=C1Cc2ccc(-c3ccc4ncc(N5CC(N6CCNCC6)C5)nc4n3)cc2N1. The summed E-state index contributed by atoms with van der Waals surface area (Å²) in [6.45, 7) is 6.46. The van der Waals surface area contributed by atoms with Crippen molar-refractivity contribution in [2.75, 3.05) is 56.5 Å². The largest absolute Gasteiger partial charge is 0.352 e. The first-order chi connectivity index (χ1) is 15.3. The van der Waals surface area contributed by atoms with Crippen LogP contribution in [-0.4, -0.2) is 78.0 Å². The lowest BCUT2D eigenvalue weighted by Gasteiger charge is -2.47. The molecule has 1 aromatic carbocycles. The molecule has 31 heavy (non-hydrogen) atoms. The summed E-state index contributed by atoms with van der Waals surface area (Å²) in [5, 5.41) is 6.80. The number of hydrogen-bond donors (Lipinski definition) is 2. The van der Waals surface area contributed by atoms with Gasteiger partial charge in [-0.25, -0.2) is 15.0 Å². The van der Waals surface area contributed by atoms with Gasteiger partial charge in [0.25, 0.3) is 0 Å². The second kappa shape index (κ2) is 7.55. The number of rotatable bonds is 3. The molecular weight excluding hydrogens is 388 g/mol. The highest BCUT2D eigenvalue weighted by Gasteiger charge is 2.33. The zero-order chi connectivity index (χ0) is 20.8. The van der Waals surface area contributed by atoms with Crippen molar-refractivity contribution in [3.05, 3.63) is 42.1 Å². The number of piperazine rings is 1. The highest BCUT2D eigenvalue weighted by atomic mass is 15.4. The van der Waals surface area contributed by atoms with E-state index in [1.54, 1.807) is 0 Å². The Morgan fingerprint density at radius 1 is 1.06 bits per heavy atom. The molecule has 8 nitrogen and oxygen atoms in total. The van der Waals surface area contributed by atoms with Gasteiger partial charge in [-0.2, -0.15) is 0 Å². The van der Waals surface area contributed by atoms with E-state index in [1.807, 2.05) is 25.4 Å².